The molecule has 0 aliphatic heterocycles. The normalized spacial score (nSPS) is 10.3. The summed E-state index contributed by atoms with van der Waals surface area (Å²) in [5.41, 5.74) is 6.47. The Labute approximate surface area is 115 Å². The van der Waals surface area contributed by atoms with Crippen LogP contribution in [-0.2, 0) is 6.42 Å². The summed E-state index contributed by atoms with van der Waals surface area (Å²) in [7, 11) is 0. The van der Waals surface area contributed by atoms with Crippen molar-refractivity contribution in [1.29, 1.82) is 0 Å². The summed E-state index contributed by atoms with van der Waals surface area (Å²) in [6.45, 7) is 0.698. The summed E-state index contributed by atoms with van der Waals surface area (Å²) < 4.78 is 13.7. The van der Waals surface area contributed by atoms with Gasteiger partial charge in [-0.1, -0.05) is 18.3 Å². The van der Waals surface area contributed by atoms with Gasteiger partial charge in [0.1, 0.15) is 10.8 Å². The van der Waals surface area contributed by atoms with E-state index in [9.17, 15) is 4.39 Å². The quantitative estimate of drug-likeness (QED) is 0.826. The average Bonchev–Trinajstić information content (AvgIpc) is 2.84. The Morgan fingerprint density at radius 1 is 1.39 bits per heavy atom. The van der Waals surface area contributed by atoms with E-state index in [0.717, 1.165) is 6.42 Å². The zero-order chi connectivity index (χ0) is 13.0. The number of nitrogens with one attached hydrogen (secondary N) is 1. The maximum Gasteiger partial charge on any atom is 0.146 e. The van der Waals surface area contributed by atoms with Crippen LogP contribution in [0.1, 0.15) is 10.4 Å². The molecule has 0 aliphatic carbocycles. The van der Waals surface area contributed by atoms with Crippen molar-refractivity contribution in [2.24, 2.45) is 5.73 Å². The van der Waals surface area contributed by atoms with Gasteiger partial charge in [-0.25, -0.2) is 4.39 Å². The van der Waals surface area contributed by atoms with E-state index in [2.05, 4.69) is 11.4 Å². The number of hydrogen-bond acceptors (Lipinski definition) is 3. The molecular formula is C13H13FN2S2. The molecule has 0 unspecified atom stereocenters. The number of hydrogen-bond donors (Lipinski definition) is 2. The lowest BCUT2D eigenvalue weighted by atomic mass is 10.2. The molecule has 0 saturated heterocycles. The van der Waals surface area contributed by atoms with Crippen molar-refractivity contribution in [3.8, 4) is 0 Å². The number of thiophene rings is 1. The second kappa shape index (κ2) is 5.93. The molecule has 94 valence electrons. The third-order valence-electron chi connectivity index (χ3n) is 2.52. The Balaban J connectivity index is 1.95. The van der Waals surface area contributed by atoms with Gasteiger partial charge in [-0.15, -0.1) is 11.3 Å². The Hall–Kier alpha value is -1.46. The molecule has 0 atom stereocenters. The highest BCUT2D eigenvalue weighted by Gasteiger charge is 2.04. The van der Waals surface area contributed by atoms with E-state index in [4.69, 9.17) is 18.0 Å². The molecule has 0 bridgehead atoms. The lowest BCUT2D eigenvalue weighted by Gasteiger charge is -2.08. The first kappa shape index (κ1) is 13.0. The van der Waals surface area contributed by atoms with Crippen LogP contribution in [0.15, 0.2) is 35.7 Å². The van der Waals surface area contributed by atoms with E-state index in [1.807, 2.05) is 11.4 Å². The van der Waals surface area contributed by atoms with E-state index in [1.165, 1.54) is 10.9 Å². The van der Waals surface area contributed by atoms with E-state index < -0.39 is 0 Å². The molecule has 2 rings (SSSR count). The van der Waals surface area contributed by atoms with Crippen molar-refractivity contribution < 1.29 is 4.39 Å². The highest BCUT2D eigenvalue weighted by molar-refractivity contribution is 7.80. The van der Waals surface area contributed by atoms with Gasteiger partial charge in [0.25, 0.3) is 0 Å². The van der Waals surface area contributed by atoms with Crippen LogP contribution >= 0.6 is 23.6 Å². The lowest BCUT2D eigenvalue weighted by Crippen LogP contribution is -2.11. The first-order valence-corrected chi connectivity index (χ1v) is 6.81. The topological polar surface area (TPSA) is 38.0 Å². The van der Waals surface area contributed by atoms with Crippen molar-refractivity contribution >= 4 is 34.2 Å². The third-order valence-corrected chi connectivity index (χ3v) is 3.69. The van der Waals surface area contributed by atoms with E-state index >= 15 is 0 Å². The van der Waals surface area contributed by atoms with Crippen LogP contribution in [0.3, 0.4) is 0 Å². The molecule has 0 amide bonds. The molecule has 3 N–H and O–H groups in total. The predicted octanol–water partition coefficient (Wildman–Crippen LogP) is 3.18. The average molecular weight is 280 g/mol. The van der Waals surface area contributed by atoms with Gasteiger partial charge in [-0.05, 0) is 36.1 Å². The molecular weight excluding hydrogens is 267 g/mol. The van der Waals surface area contributed by atoms with Gasteiger partial charge in [-0.2, -0.15) is 0 Å². The summed E-state index contributed by atoms with van der Waals surface area (Å²) in [6, 6.07) is 8.82. The smallest absolute Gasteiger partial charge is 0.146 e. The van der Waals surface area contributed by atoms with Gasteiger partial charge >= 0.3 is 0 Å². The Bertz CT molecular complexity index is 538. The number of benzene rings is 1. The molecule has 0 saturated carbocycles. The predicted molar refractivity (Wildman–Crippen MR) is 78.8 cm³/mol. The largest absolute Gasteiger partial charge is 0.389 e. The van der Waals surface area contributed by atoms with Gasteiger partial charge < -0.3 is 11.1 Å². The highest BCUT2D eigenvalue weighted by atomic mass is 32.1. The fraction of sp³-hybridized carbons (Fsp3) is 0.154. The molecule has 2 aromatic rings. The van der Waals surface area contributed by atoms with Crippen LogP contribution in [0.25, 0.3) is 0 Å². The minimum Gasteiger partial charge on any atom is -0.389 e. The second-order valence-electron chi connectivity index (χ2n) is 3.82. The zero-order valence-corrected chi connectivity index (χ0v) is 11.3. The van der Waals surface area contributed by atoms with Crippen molar-refractivity contribution in [3.05, 3.63) is 52.0 Å². The van der Waals surface area contributed by atoms with Crippen LogP contribution in [-0.4, -0.2) is 11.5 Å². The van der Waals surface area contributed by atoms with Gasteiger partial charge in [0.05, 0.1) is 5.69 Å². The summed E-state index contributed by atoms with van der Waals surface area (Å²) in [5.74, 6) is -0.327. The zero-order valence-electron chi connectivity index (χ0n) is 9.65. The summed E-state index contributed by atoms with van der Waals surface area (Å²) in [5, 5.41) is 5.10. The molecule has 18 heavy (non-hydrogen) atoms. The maximum absolute atomic E-state index is 13.7. The van der Waals surface area contributed by atoms with Crippen LogP contribution in [0, 0.1) is 5.82 Å². The molecule has 1 aromatic heterocycles. The second-order valence-corrected chi connectivity index (χ2v) is 5.29. The maximum atomic E-state index is 13.7. The van der Waals surface area contributed by atoms with E-state index in [0.29, 0.717) is 17.8 Å². The number of halogens is 1. The van der Waals surface area contributed by atoms with Gasteiger partial charge in [0.2, 0.25) is 0 Å². The van der Waals surface area contributed by atoms with E-state index in [-0.39, 0.29) is 10.8 Å². The molecule has 0 aliphatic rings. The first-order valence-electron chi connectivity index (χ1n) is 5.52. The van der Waals surface area contributed by atoms with Crippen molar-refractivity contribution in [1.82, 2.24) is 0 Å². The van der Waals surface area contributed by atoms with Gasteiger partial charge in [0, 0.05) is 17.0 Å². The first-order chi connectivity index (χ1) is 8.66. The fourth-order valence-electron chi connectivity index (χ4n) is 1.59. The van der Waals surface area contributed by atoms with Gasteiger partial charge in [-0.3, -0.25) is 0 Å². The van der Waals surface area contributed by atoms with Crippen LogP contribution in [0.5, 0.6) is 0 Å². The summed E-state index contributed by atoms with van der Waals surface area (Å²) in [6.07, 6.45) is 0.883. The standard InChI is InChI=1S/C13H13FN2S2/c14-11-8-9(13(15)17)3-4-12(11)16-6-5-10-2-1-7-18-10/h1-4,7-8,16H,5-6H2,(H2,15,17). The molecule has 0 fully saturated rings. The number of thiocarbonyl (C=S) groups is 1. The lowest BCUT2D eigenvalue weighted by molar-refractivity contribution is 0.630. The Morgan fingerprint density at radius 2 is 2.22 bits per heavy atom. The minimum atomic E-state index is -0.327. The van der Waals surface area contributed by atoms with Crippen molar-refractivity contribution in [2.75, 3.05) is 11.9 Å². The monoisotopic (exact) mass is 280 g/mol. The molecule has 0 radical (unpaired) electrons. The fourth-order valence-corrected chi connectivity index (χ4v) is 2.42. The van der Waals surface area contributed by atoms with Crippen LogP contribution < -0.4 is 11.1 Å². The van der Waals surface area contributed by atoms with Crippen LogP contribution in [0.4, 0.5) is 10.1 Å². The number of rotatable bonds is 5. The Kier molecular flexibility index (Phi) is 4.28. The molecule has 0 spiro atoms. The van der Waals surface area contributed by atoms with Crippen molar-refractivity contribution in [2.45, 2.75) is 6.42 Å². The van der Waals surface area contributed by atoms with E-state index in [1.54, 1.807) is 23.5 Å². The molecule has 1 aromatic carbocycles. The van der Waals surface area contributed by atoms with Gasteiger partial charge in [0.15, 0.2) is 0 Å². The van der Waals surface area contributed by atoms with Crippen LogP contribution in [0.2, 0.25) is 0 Å². The molecule has 5 heteroatoms. The summed E-state index contributed by atoms with van der Waals surface area (Å²) in [4.78, 5) is 1.49. The van der Waals surface area contributed by atoms with Crippen molar-refractivity contribution in [3.63, 3.8) is 0 Å². The minimum absolute atomic E-state index is 0.207. The number of anilines is 1. The third kappa shape index (κ3) is 3.27. The molecule has 2 nitrogen and oxygen atoms in total. The molecule has 1 heterocycles. The summed E-state index contributed by atoms with van der Waals surface area (Å²) >= 11 is 6.50. The Morgan fingerprint density at radius 3 is 2.83 bits per heavy atom. The number of nitrogens with two attached hydrogens (primary N) is 1. The SMILES string of the molecule is NC(=S)c1ccc(NCCc2cccs2)c(F)c1. The highest BCUT2D eigenvalue weighted by Crippen LogP contribution is 2.16.